The zero-order chi connectivity index (χ0) is 53.6. The van der Waals surface area contributed by atoms with Crippen LogP contribution in [-0.4, -0.2) is 47.4 Å². The molecule has 0 saturated heterocycles. The Kier molecular flexibility index (Phi) is 62.4. The Labute approximate surface area is 462 Å². The fourth-order valence-corrected chi connectivity index (χ4v) is 10.6. The number of rotatable bonds is 63. The van der Waals surface area contributed by atoms with E-state index in [-0.39, 0.29) is 18.5 Å². The Morgan fingerprint density at radius 3 is 0.959 bits per heavy atom. The number of nitrogens with one attached hydrogen (secondary N) is 1. The highest BCUT2D eigenvalue weighted by Crippen LogP contribution is 2.18. The van der Waals surface area contributed by atoms with E-state index in [1.54, 1.807) is 6.08 Å². The van der Waals surface area contributed by atoms with Crippen molar-refractivity contribution in [2.24, 2.45) is 0 Å². The maximum absolute atomic E-state index is 12.5. The van der Waals surface area contributed by atoms with Gasteiger partial charge in [-0.05, 0) is 57.8 Å². The summed E-state index contributed by atoms with van der Waals surface area (Å²) in [6, 6.07) is -0.633. The molecule has 0 bridgehead atoms. The molecular weight excluding hydrogens is 911 g/mol. The summed E-state index contributed by atoms with van der Waals surface area (Å²) in [5.41, 5.74) is 0. The number of hydrogen-bond acceptors (Lipinski definition) is 5. The van der Waals surface area contributed by atoms with Gasteiger partial charge in [0.25, 0.3) is 0 Å². The van der Waals surface area contributed by atoms with Crippen molar-refractivity contribution in [2.75, 3.05) is 13.2 Å². The van der Waals surface area contributed by atoms with Gasteiger partial charge >= 0.3 is 5.97 Å². The van der Waals surface area contributed by atoms with Gasteiger partial charge in [0, 0.05) is 12.8 Å². The molecule has 0 aliphatic rings. The molecule has 6 heteroatoms. The number of carbonyl (C=O) groups excluding carboxylic acids is 2. The van der Waals surface area contributed by atoms with Gasteiger partial charge in [0.15, 0.2) is 0 Å². The van der Waals surface area contributed by atoms with Crippen LogP contribution in [-0.2, 0) is 14.3 Å². The van der Waals surface area contributed by atoms with E-state index in [0.29, 0.717) is 19.4 Å². The lowest BCUT2D eigenvalue weighted by Gasteiger charge is -2.20. The normalized spacial score (nSPS) is 12.6. The van der Waals surface area contributed by atoms with Crippen molar-refractivity contribution in [3.05, 3.63) is 24.3 Å². The first-order chi connectivity index (χ1) is 36.5. The van der Waals surface area contributed by atoms with Crippen molar-refractivity contribution >= 4 is 11.9 Å². The maximum atomic E-state index is 12.5. The second-order valence-corrected chi connectivity index (χ2v) is 23.2. The summed E-state index contributed by atoms with van der Waals surface area (Å²) in [5, 5.41) is 23.2. The lowest BCUT2D eigenvalue weighted by atomic mass is 10.0. The monoisotopic (exact) mass is 1040 g/mol. The van der Waals surface area contributed by atoms with E-state index in [2.05, 4.69) is 31.3 Å². The standard InChI is InChI=1S/C68H131NO5/c1-3-5-7-9-11-13-15-17-19-21-26-30-34-38-42-46-50-54-58-62-68(73)74-63-59-55-51-47-43-39-35-31-28-25-23-22-24-27-29-33-37-41-45-49-53-57-61-67(72)69-65(64-70)66(71)60-56-52-48-44-40-36-32-20-18-16-14-12-10-8-6-4-2/h24,27,56,60,65-66,70-71H,3-23,25-26,28-55,57-59,61-64H2,1-2H3,(H,69,72)/b27-24-,60-56+. The number of aliphatic hydroxyl groups excluding tert-OH is 2. The summed E-state index contributed by atoms with van der Waals surface area (Å²) in [5.74, 6) is -0.0578. The van der Waals surface area contributed by atoms with Gasteiger partial charge in [-0.1, -0.05) is 327 Å². The zero-order valence-corrected chi connectivity index (χ0v) is 50.1. The molecule has 0 spiro atoms. The second-order valence-electron chi connectivity index (χ2n) is 23.2. The van der Waals surface area contributed by atoms with Crippen molar-refractivity contribution < 1.29 is 24.5 Å². The fraction of sp³-hybridized carbons (Fsp3) is 0.912. The Morgan fingerprint density at radius 2 is 0.635 bits per heavy atom. The Morgan fingerprint density at radius 1 is 0.365 bits per heavy atom. The Hall–Kier alpha value is -1.66. The van der Waals surface area contributed by atoms with Crippen LogP contribution in [0, 0.1) is 0 Å². The summed E-state index contributed by atoms with van der Waals surface area (Å²) in [4.78, 5) is 24.6. The van der Waals surface area contributed by atoms with Crippen LogP contribution in [0.1, 0.15) is 373 Å². The highest BCUT2D eigenvalue weighted by molar-refractivity contribution is 5.76. The van der Waals surface area contributed by atoms with E-state index in [1.165, 1.54) is 302 Å². The molecule has 2 atom stereocenters. The summed E-state index contributed by atoms with van der Waals surface area (Å²) < 4.78 is 5.51. The van der Waals surface area contributed by atoms with E-state index < -0.39 is 12.1 Å². The average Bonchev–Trinajstić information content (AvgIpc) is 3.40. The van der Waals surface area contributed by atoms with Gasteiger partial charge in [-0.15, -0.1) is 0 Å². The van der Waals surface area contributed by atoms with Crippen LogP contribution in [0.3, 0.4) is 0 Å². The van der Waals surface area contributed by atoms with E-state index in [4.69, 9.17) is 4.74 Å². The number of aliphatic hydroxyl groups is 2. The molecule has 6 nitrogen and oxygen atoms in total. The first-order valence-electron chi connectivity index (χ1n) is 33.6. The first kappa shape index (κ1) is 72.3. The van der Waals surface area contributed by atoms with Crippen molar-refractivity contribution in [2.45, 2.75) is 386 Å². The number of esters is 1. The van der Waals surface area contributed by atoms with Crippen LogP contribution >= 0.6 is 0 Å². The van der Waals surface area contributed by atoms with Gasteiger partial charge in [0.2, 0.25) is 5.91 Å². The largest absolute Gasteiger partial charge is 0.466 e. The molecule has 0 aromatic carbocycles. The van der Waals surface area contributed by atoms with Crippen LogP contribution in [0.2, 0.25) is 0 Å². The topological polar surface area (TPSA) is 95.9 Å². The average molecular weight is 1040 g/mol. The molecule has 74 heavy (non-hydrogen) atoms. The minimum Gasteiger partial charge on any atom is -0.466 e. The number of hydrogen-bond donors (Lipinski definition) is 3. The van der Waals surface area contributed by atoms with E-state index >= 15 is 0 Å². The molecule has 0 aromatic rings. The Balaban J connectivity index is 3.41. The summed E-state index contributed by atoms with van der Waals surface area (Å²) in [7, 11) is 0. The molecule has 2 unspecified atom stereocenters. The van der Waals surface area contributed by atoms with Crippen molar-refractivity contribution in [1.29, 1.82) is 0 Å². The quantitative estimate of drug-likeness (QED) is 0.0320. The highest BCUT2D eigenvalue weighted by atomic mass is 16.5. The number of unbranched alkanes of at least 4 members (excludes halogenated alkanes) is 50. The summed E-state index contributed by atoms with van der Waals surface area (Å²) in [6.07, 6.45) is 79.5. The number of ether oxygens (including phenoxy) is 1. The maximum Gasteiger partial charge on any atom is 0.305 e. The Bertz CT molecular complexity index is 1150. The number of allylic oxidation sites excluding steroid dienone is 3. The predicted octanol–water partition coefficient (Wildman–Crippen LogP) is 21.4. The van der Waals surface area contributed by atoms with Crippen LogP contribution in [0.15, 0.2) is 24.3 Å². The summed E-state index contributed by atoms with van der Waals surface area (Å²) in [6.45, 7) is 4.93. The highest BCUT2D eigenvalue weighted by Gasteiger charge is 2.18. The SMILES string of the molecule is CCCCCCCCCCCCCCCC/C=C/C(O)C(CO)NC(=O)CCCCCCCCC/C=C\CCCCCCCCCCCCCOC(=O)CCCCCCCCCCCCCCCCCCCCC. The van der Waals surface area contributed by atoms with Crippen molar-refractivity contribution in [3.8, 4) is 0 Å². The van der Waals surface area contributed by atoms with Crippen LogP contribution in [0.5, 0.6) is 0 Å². The number of carbonyl (C=O) groups is 2. The molecular formula is C68H131NO5. The lowest BCUT2D eigenvalue weighted by Crippen LogP contribution is -2.45. The second kappa shape index (κ2) is 63.9. The minimum absolute atomic E-state index is 0.0148. The lowest BCUT2D eigenvalue weighted by molar-refractivity contribution is -0.143. The molecule has 1 amide bonds. The molecule has 0 aliphatic carbocycles. The smallest absolute Gasteiger partial charge is 0.305 e. The van der Waals surface area contributed by atoms with Gasteiger partial charge in [-0.3, -0.25) is 9.59 Å². The van der Waals surface area contributed by atoms with Crippen LogP contribution in [0.4, 0.5) is 0 Å². The first-order valence-corrected chi connectivity index (χ1v) is 33.6. The van der Waals surface area contributed by atoms with E-state index in [9.17, 15) is 19.8 Å². The number of amides is 1. The zero-order valence-electron chi connectivity index (χ0n) is 50.1. The van der Waals surface area contributed by atoms with E-state index in [1.807, 2.05) is 6.08 Å². The third-order valence-corrected chi connectivity index (χ3v) is 15.7. The van der Waals surface area contributed by atoms with Crippen molar-refractivity contribution in [1.82, 2.24) is 5.32 Å². The molecule has 0 fully saturated rings. The van der Waals surface area contributed by atoms with Crippen LogP contribution in [0.25, 0.3) is 0 Å². The van der Waals surface area contributed by atoms with E-state index in [0.717, 1.165) is 44.9 Å². The summed E-state index contributed by atoms with van der Waals surface area (Å²) >= 11 is 0. The van der Waals surface area contributed by atoms with Crippen molar-refractivity contribution in [3.63, 3.8) is 0 Å². The molecule has 0 saturated carbocycles. The third kappa shape index (κ3) is 59.6. The van der Waals surface area contributed by atoms with Crippen LogP contribution < -0.4 is 5.32 Å². The van der Waals surface area contributed by atoms with Gasteiger partial charge in [0.1, 0.15) is 0 Å². The van der Waals surface area contributed by atoms with Gasteiger partial charge in [-0.25, -0.2) is 0 Å². The molecule has 0 heterocycles. The fourth-order valence-electron chi connectivity index (χ4n) is 10.6. The third-order valence-electron chi connectivity index (χ3n) is 15.7. The molecule has 438 valence electrons. The molecule has 0 rings (SSSR count). The molecule has 3 N–H and O–H groups in total. The van der Waals surface area contributed by atoms with Gasteiger partial charge < -0.3 is 20.3 Å². The predicted molar refractivity (Wildman–Crippen MR) is 324 cm³/mol. The molecule has 0 aliphatic heterocycles. The molecule has 0 aromatic heterocycles. The minimum atomic E-state index is -0.849. The molecule has 0 radical (unpaired) electrons. The van der Waals surface area contributed by atoms with Gasteiger partial charge in [-0.2, -0.15) is 0 Å². The van der Waals surface area contributed by atoms with Gasteiger partial charge in [0.05, 0.1) is 25.4 Å².